The molecular weight excluding hydrogens is 126 g/mol. The van der Waals surface area contributed by atoms with Crippen molar-refractivity contribution in [2.24, 2.45) is 5.73 Å². The summed E-state index contributed by atoms with van der Waals surface area (Å²) in [6.45, 7) is 0.760. The number of unbranched alkanes of at least 4 members (excludes halogenated alkanes) is 1. The largest absolute Gasteiger partial charge is 0.390 e. The summed E-state index contributed by atoms with van der Waals surface area (Å²) in [5.41, 5.74) is 5.05. The quantitative estimate of drug-likeness (QED) is 0.577. The van der Waals surface area contributed by atoms with Crippen molar-refractivity contribution in [3.8, 4) is 0 Å². The Morgan fingerprint density at radius 3 is 2.40 bits per heavy atom. The summed E-state index contributed by atoms with van der Waals surface area (Å²) in [5.74, 6) is 0. The minimum absolute atomic E-state index is 0.283. The normalized spacial score (nSPS) is 22.2. The van der Waals surface area contributed by atoms with E-state index in [9.17, 15) is 5.11 Å². The van der Waals surface area contributed by atoms with Crippen LogP contribution in [0.2, 0.25) is 0 Å². The molecule has 2 heteroatoms. The molecule has 0 aromatic rings. The van der Waals surface area contributed by atoms with E-state index in [1.165, 1.54) is 6.42 Å². The molecule has 1 rings (SSSR count). The number of nitrogens with two attached hydrogens (primary N) is 1. The molecule has 1 saturated carbocycles. The van der Waals surface area contributed by atoms with Crippen LogP contribution in [-0.4, -0.2) is 17.3 Å². The highest BCUT2D eigenvalue weighted by molar-refractivity contribution is 4.86. The van der Waals surface area contributed by atoms with Crippen LogP contribution in [0.25, 0.3) is 0 Å². The van der Waals surface area contributed by atoms with Gasteiger partial charge in [0, 0.05) is 0 Å². The molecular formula is C8H17NO. The van der Waals surface area contributed by atoms with Gasteiger partial charge in [0.15, 0.2) is 0 Å². The van der Waals surface area contributed by atoms with Crippen LogP contribution in [-0.2, 0) is 0 Å². The summed E-state index contributed by atoms with van der Waals surface area (Å²) in [6.07, 6.45) is 6.34. The van der Waals surface area contributed by atoms with Crippen molar-refractivity contribution in [1.82, 2.24) is 0 Å². The second-order valence-electron chi connectivity index (χ2n) is 3.32. The molecule has 0 spiro atoms. The maximum Gasteiger partial charge on any atom is 0.0647 e. The molecule has 0 aliphatic heterocycles. The predicted molar refractivity (Wildman–Crippen MR) is 41.7 cm³/mol. The first kappa shape index (κ1) is 8.02. The Morgan fingerprint density at radius 1 is 1.30 bits per heavy atom. The SMILES string of the molecule is NCCCCC1(O)CCC1. The van der Waals surface area contributed by atoms with Gasteiger partial charge in [0.1, 0.15) is 0 Å². The molecule has 0 saturated heterocycles. The van der Waals surface area contributed by atoms with Gasteiger partial charge in [0.05, 0.1) is 5.60 Å². The first-order valence-electron chi connectivity index (χ1n) is 4.19. The molecule has 2 nitrogen and oxygen atoms in total. The molecule has 1 aliphatic carbocycles. The third kappa shape index (κ3) is 1.96. The summed E-state index contributed by atoms with van der Waals surface area (Å²) in [6, 6.07) is 0. The Hall–Kier alpha value is -0.0800. The van der Waals surface area contributed by atoms with E-state index in [1.807, 2.05) is 0 Å². The van der Waals surface area contributed by atoms with Gasteiger partial charge >= 0.3 is 0 Å². The number of hydrogen-bond donors (Lipinski definition) is 2. The molecule has 60 valence electrons. The number of aliphatic hydroxyl groups is 1. The van der Waals surface area contributed by atoms with Gasteiger partial charge in [-0.15, -0.1) is 0 Å². The molecule has 10 heavy (non-hydrogen) atoms. The Balaban J connectivity index is 2.01. The molecule has 1 fully saturated rings. The fourth-order valence-electron chi connectivity index (χ4n) is 1.43. The fraction of sp³-hybridized carbons (Fsp3) is 1.00. The van der Waals surface area contributed by atoms with Crippen LogP contribution in [0.3, 0.4) is 0 Å². The topological polar surface area (TPSA) is 46.2 Å². The van der Waals surface area contributed by atoms with Gasteiger partial charge in [0.25, 0.3) is 0 Å². The second kappa shape index (κ2) is 3.35. The van der Waals surface area contributed by atoms with Gasteiger partial charge in [0.2, 0.25) is 0 Å². The zero-order valence-corrected chi connectivity index (χ0v) is 6.47. The van der Waals surface area contributed by atoms with Crippen molar-refractivity contribution < 1.29 is 5.11 Å². The lowest BCUT2D eigenvalue weighted by atomic mass is 9.77. The van der Waals surface area contributed by atoms with E-state index in [1.54, 1.807) is 0 Å². The van der Waals surface area contributed by atoms with E-state index in [2.05, 4.69) is 0 Å². The van der Waals surface area contributed by atoms with E-state index in [-0.39, 0.29) is 5.60 Å². The zero-order chi connectivity index (χ0) is 7.45. The highest BCUT2D eigenvalue weighted by Crippen LogP contribution is 2.35. The van der Waals surface area contributed by atoms with Crippen molar-refractivity contribution in [2.45, 2.75) is 44.1 Å². The highest BCUT2D eigenvalue weighted by Gasteiger charge is 2.33. The molecule has 1 aliphatic rings. The van der Waals surface area contributed by atoms with Gasteiger partial charge in [-0.2, -0.15) is 0 Å². The lowest BCUT2D eigenvalue weighted by Gasteiger charge is -2.36. The lowest BCUT2D eigenvalue weighted by Crippen LogP contribution is -2.36. The van der Waals surface area contributed by atoms with E-state index in [0.29, 0.717) is 0 Å². The second-order valence-corrected chi connectivity index (χ2v) is 3.32. The monoisotopic (exact) mass is 143 g/mol. The van der Waals surface area contributed by atoms with Gasteiger partial charge in [-0.05, 0) is 45.1 Å². The lowest BCUT2D eigenvalue weighted by molar-refractivity contribution is -0.0417. The smallest absolute Gasteiger partial charge is 0.0647 e. The van der Waals surface area contributed by atoms with Crippen LogP contribution in [0.5, 0.6) is 0 Å². The summed E-state index contributed by atoms with van der Waals surface area (Å²) in [4.78, 5) is 0. The van der Waals surface area contributed by atoms with Gasteiger partial charge in [-0.3, -0.25) is 0 Å². The Morgan fingerprint density at radius 2 is 2.00 bits per heavy atom. The molecule has 3 N–H and O–H groups in total. The van der Waals surface area contributed by atoms with Crippen LogP contribution in [0.15, 0.2) is 0 Å². The molecule has 0 radical (unpaired) electrons. The van der Waals surface area contributed by atoms with Crippen molar-refractivity contribution in [3.63, 3.8) is 0 Å². The van der Waals surface area contributed by atoms with E-state index >= 15 is 0 Å². The van der Waals surface area contributed by atoms with Crippen LogP contribution in [0.4, 0.5) is 0 Å². The predicted octanol–water partition coefficient (Wildman–Crippen LogP) is 1.03. The van der Waals surface area contributed by atoms with Crippen LogP contribution >= 0.6 is 0 Å². The zero-order valence-electron chi connectivity index (χ0n) is 6.47. The molecule has 0 heterocycles. The van der Waals surface area contributed by atoms with Gasteiger partial charge in [-0.25, -0.2) is 0 Å². The van der Waals surface area contributed by atoms with E-state index in [0.717, 1.165) is 38.6 Å². The minimum atomic E-state index is -0.283. The number of hydrogen-bond acceptors (Lipinski definition) is 2. The van der Waals surface area contributed by atoms with Crippen molar-refractivity contribution in [1.29, 1.82) is 0 Å². The van der Waals surface area contributed by atoms with Gasteiger partial charge < -0.3 is 10.8 Å². The Kier molecular flexibility index (Phi) is 2.69. The first-order chi connectivity index (χ1) is 4.77. The molecule has 0 unspecified atom stereocenters. The van der Waals surface area contributed by atoms with Crippen molar-refractivity contribution in [2.75, 3.05) is 6.54 Å². The summed E-state index contributed by atoms with van der Waals surface area (Å²) < 4.78 is 0. The molecule has 0 aromatic carbocycles. The third-order valence-electron chi connectivity index (χ3n) is 2.38. The minimum Gasteiger partial charge on any atom is -0.390 e. The fourth-order valence-corrected chi connectivity index (χ4v) is 1.43. The summed E-state index contributed by atoms with van der Waals surface area (Å²) in [7, 11) is 0. The average Bonchev–Trinajstić information content (AvgIpc) is 1.85. The molecule has 0 amide bonds. The highest BCUT2D eigenvalue weighted by atomic mass is 16.3. The first-order valence-corrected chi connectivity index (χ1v) is 4.19. The average molecular weight is 143 g/mol. The Bertz CT molecular complexity index is 99.4. The van der Waals surface area contributed by atoms with Crippen LogP contribution in [0, 0.1) is 0 Å². The molecule has 0 aromatic heterocycles. The number of rotatable bonds is 4. The van der Waals surface area contributed by atoms with E-state index < -0.39 is 0 Å². The third-order valence-corrected chi connectivity index (χ3v) is 2.38. The Labute approximate surface area is 62.4 Å². The van der Waals surface area contributed by atoms with Crippen LogP contribution in [0.1, 0.15) is 38.5 Å². The van der Waals surface area contributed by atoms with Crippen molar-refractivity contribution >= 4 is 0 Å². The summed E-state index contributed by atoms with van der Waals surface area (Å²) in [5, 5.41) is 9.60. The molecule has 0 atom stereocenters. The standard InChI is InChI=1S/C8H17NO/c9-7-2-1-4-8(10)5-3-6-8/h10H,1-7,9H2. The summed E-state index contributed by atoms with van der Waals surface area (Å²) >= 11 is 0. The molecule has 0 bridgehead atoms. The van der Waals surface area contributed by atoms with E-state index in [4.69, 9.17) is 5.73 Å². The van der Waals surface area contributed by atoms with Crippen LogP contribution < -0.4 is 5.73 Å². The maximum atomic E-state index is 9.60. The maximum absolute atomic E-state index is 9.60. The van der Waals surface area contributed by atoms with Gasteiger partial charge in [-0.1, -0.05) is 0 Å². The van der Waals surface area contributed by atoms with Crippen molar-refractivity contribution in [3.05, 3.63) is 0 Å².